The molecule has 0 saturated carbocycles. The van der Waals surface area contributed by atoms with Crippen LogP contribution < -0.4 is 0 Å². The summed E-state index contributed by atoms with van der Waals surface area (Å²) in [6.45, 7) is 2.67. The molecule has 1 fully saturated rings. The quantitative estimate of drug-likeness (QED) is 0.597. The molecule has 1 N–H and O–H groups in total. The van der Waals surface area contributed by atoms with E-state index >= 15 is 0 Å². The lowest BCUT2D eigenvalue weighted by molar-refractivity contribution is -0.0233. The third kappa shape index (κ3) is 5.24. The van der Waals surface area contributed by atoms with E-state index in [9.17, 15) is 9.50 Å². The Balaban J connectivity index is 1.31. The van der Waals surface area contributed by atoms with E-state index in [1.807, 2.05) is 42.5 Å². The van der Waals surface area contributed by atoms with Gasteiger partial charge in [-0.15, -0.1) is 0 Å². The molecule has 0 aromatic heterocycles. The molecule has 1 saturated heterocycles. The van der Waals surface area contributed by atoms with Crippen molar-refractivity contribution in [1.82, 2.24) is 4.90 Å². The molecule has 0 bridgehead atoms. The van der Waals surface area contributed by atoms with Crippen molar-refractivity contribution >= 4 is 6.08 Å². The standard InChI is InChI=1S/C27H28FNO/c28-26-14-10-24(11-15-26)21-23-8-12-25(13-9-23)27(30)16-19-29(20-17-27)18-4-7-22-5-2-1-3-6-22/h1-15,30H,16-21H2. The van der Waals surface area contributed by atoms with Gasteiger partial charge < -0.3 is 5.11 Å². The van der Waals surface area contributed by atoms with Crippen LogP contribution in [0, 0.1) is 5.82 Å². The summed E-state index contributed by atoms with van der Waals surface area (Å²) in [4.78, 5) is 2.39. The summed E-state index contributed by atoms with van der Waals surface area (Å²) in [5.74, 6) is -0.210. The summed E-state index contributed by atoms with van der Waals surface area (Å²) in [6, 6.07) is 25.2. The van der Waals surface area contributed by atoms with Crippen molar-refractivity contribution in [3.63, 3.8) is 0 Å². The molecule has 3 aromatic rings. The molecule has 0 radical (unpaired) electrons. The van der Waals surface area contributed by atoms with Crippen LogP contribution in [0.2, 0.25) is 0 Å². The Morgan fingerprint density at radius 2 is 1.43 bits per heavy atom. The van der Waals surface area contributed by atoms with Crippen LogP contribution in [0.1, 0.15) is 35.1 Å². The summed E-state index contributed by atoms with van der Waals surface area (Å²) < 4.78 is 13.1. The molecule has 4 rings (SSSR count). The van der Waals surface area contributed by atoms with Crippen molar-refractivity contribution in [3.8, 4) is 0 Å². The molecule has 30 heavy (non-hydrogen) atoms. The number of hydrogen-bond donors (Lipinski definition) is 1. The molecule has 3 aromatic carbocycles. The van der Waals surface area contributed by atoms with Crippen LogP contribution in [0.15, 0.2) is 84.9 Å². The highest BCUT2D eigenvalue weighted by molar-refractivity contribution is 5.48. The lowest BCUT2D eigenvalue weighted by atomic mass is 9.84. The fourth-order valence-corrected chi connectivity index (χ4v) is 4.07. The monoisotopic (exact) mass is 401 g/mol. The Morgan fingerprint density at radius 3 is 2.07 bits per heavy atom. The molecule has 0 atom stereocenters. The van der Waals surface area contributed by atoms with Gasteiger partial charge in [0, 0.05) is 19.6 Å². The zero-order chi connectivity index (χ0) is 20.8. The van der Waals surface area contributed by atoms with Gasteiger partial charge in [-0.25, -0.2) is 4.39 Å². The van der Waals surface area contributed by atoms with Gasteiger partial charge in [0.05, 0.1) is 5.60 Å². The Hall–Kier alpha value is -2.75. The number of halogens is 1. The predicted octanol–water partition coefficient (Wildman–Crippen LogP) is 5.41. The van der Waals surface area contributed by atoms with Crippen LogP contribution in [0.5, 0.6) is 0 Å². The Kier molecular flexibility index (Phi) is 6.41. The summed E-state index contributed by atoms with van der Waals surface area (Å²) in [7, 11) is 0. The molecule has 2 nitrogen and oxygen atoms in total. The average molecular weight is 402 g/mol. The second-order valence-electron chi connectivity index (χ2n) is 8.15. The third-order valence-electron chi connectivity index (χ3n) is 5.97. The van der Waals surface area contributed by atoms with Gasteiger partial charge in [0.15, 0.2) is 0 Å². The molecule has 0 amide bonds. The van der Waals surface area contributed by atoms with Crippen molar-refractivity contribution in [3.05, 3.63) is 113 Å². The van der Waals surface area contributed by atoms with E-state index in [0.29, 0.717) is 0 Å². The SMILES string of the molecule is OC1(c2ccc(Cc3ccc(F)cc3)cc2)CCN(CC=Cc2ccccc2)CC1. The summed E-state index contributed by atoms with van der Waals surface area (Å²) in [6.07, 6.45) is 6.60. The Bertz CT molecular complexity index is 956. The van der Waals surface area contributed by atoms with E-state index in [-0.39, 0.29) is 5.82 Å². The first-order chi connectivity index (χ1) is 14.6. The number of benzene rings is 3. The lowest BCUT2D eigenvalue weighted by Gasteiger charge is -2.38. The maximum atomic E-state index is 13.1. The highest BCUT2D eigenvalue weighted by Crippen LogP contribution is 2.33. The topological polar surface area (TPSA) is 23.5 Å². The maximum Gasteiger partial charge on any atom is 0.123 e. The van der Waals surface area contributed by atoms with Gasteiger partial charge in [-0.05, 0) is 53.6 Å². The second-order valence-corrected chi connectivity index (χ2v) is 8.15. The van der Waals surface area contributed by atoms with E-state index in [0.717, 1.165) is 55.6 Å². The van der Waals surface area contributed by atoms with E-state index in [1.54, 1.807) is 0 Å². The van der Waals surface area contributed by atoms with E-state index in [4.69, 9.17) is 0 Å². The van der Waals surface area contributed by atoms with E-state index in [2.05, 4.69) is 41.3 Å². The predicted molar refractivity (Wildman–Crippen MR) is 121 cm³/mol. The Labute approximate surface area is 178 Å². The smallest absolute Gasteiger partial charge is 0.123 e. The van der Waals surface area contributed by atoms with Crippen LogP contribution in [0.25, 0.3) is 6.08 Å². The van der Waals surface area contributed by atoms with Gasteiger partial charge in [0.25, 0.3) is 0 Å². The largest absolute Gasteiger partial charge is 0.385 e. The minimum Gasteiger partial charge on any atom is -0.385 e. The maximum absolute atomic E-state index is 13.1. The summed E-state index contributed by atoms with van der Waals surface area (Å²) in [5.41, 5.74) is 3.70. The first kappa shape index (κ1) is 20.5. The first-order valence-corrected chi connectivity index (χ1v) is 10.6. The van der Waals surface area contributed by atoms with Gasteiger partial charge in [-0.2, -0.15) is 0 Å². The van der Waals surface area contributed by atoms with Crippen LogP contribution in [0.3, 0.4) is 0 Å². The molecule has 3 heteroatoms. The van der Waals surface area contributed by atoms with Crippen LogP contribution in [-0.2, 0) is 12.0 Å². The van der Waals surface area contributed by atoms with Gasteiger partial charge in [-0.3, -0.25) is 4.90 Å². The van der Waals surface area contributed by atoms with Gasteiger partial charge in [0.2, 0.25) is 0 Å². The third-order valence-corrected chi connectivity index (χ3v) is 5.97. The van der Waals surface area contributed by atoms with Crippen molar-refractivity contribution in [2.75, 3.05) is 19.6 Å². The number of hydrogen-bond acceptors (Lipinski definition) is 2. The molecule has 0 aliphatic carbocycles. The normalized spacial score (nSPS) is 16.7. The summed E-state index contributed by atoms with van der Waals surface area (Å²) in [5, 5.41) is 11.2. The highest BCUT2D eigenvalue weighted by Gasteiger charge is 2.33. The van der Waals surface area contributed by atoms with Crippen molar-refractivity contribution in [2.45, 2.75) is 24.9 Å². The number of nitrogens with zero attached hydrogens (tertiary/aromatic N) is 1. The fraction of sp³-hybridized carbons (Fsp3) is 0.259. The minimum absolute atomic E-state index is 0.210. The van der Waals surface area contributed by atoms with Crippen molar-refractivity contribution < 1.29 is 9.50 Å². The van der Waals surface area contributed by atoms with Gasteiger partial charge in [0.1, 0.15) is 5.82 Å². The van der Waals surface area contributed by atoms with Crippen molar-refractivity contribution in [2.24, 2.45) is 0 Å². The highest BCUT2D eigenvalue weighted by atomic mass is 19.1. The molecule has 1 aliphatic rings. The molecule has 0 unspecified atom stereocenters. The second kappa shape index (κ2) is 9.38. The van der Waals surface area contributed by atoms with E-state index in [1.165, 1.54) is 17.7 Å². The Morgan fingerprint density at radius 1 is 0.833 bits per heavy atom. The molecule has 1 heterocycles. The van der Waals surface area contributed by atoms with Crippen LogP contribution in [0.4, 0.5) is 4.39 Å². The minimum atomic E-state index is -0.756. The van der Waals surface area contributed by atoms with Crippen LogP contribution in [-0.4, -0.2) is 29.6 Å². The molecule has 154 valence electrons. The van der Waals surface area contributed by atoms with Gasteiger partial charge >= 0.3 is 0 Å². The number of likely N-dealkylation sites (tertiary alicyclic amines) is 1. The zero-order valence-electron chi connectivity index (χ0n) is 17.2. The fourth-order valence-electron chi connectivity index (χ4n) is 4.07. The zero-order valence-corrected chi connectivity index (χ0v) is 17.2. The van der Waals surface area contributed by atoms with Crippen LogP contribution >= 0.6 is 0 Å². The number of piperidine rings is 1. The first-order valence-electron chi connectivity index (χ1n) is 10.6. The molecule has 1 aliphatic heterocycles. The van der Waals surface area contributed by atoms with Gasteiger partial charge in [-0.1, -0.05) is 78.9 Å². The van der Waals surface area contributed by atoms with Crippen molar-refractivity contribution in [1.29, 1.82) is 0 Å². The molecule has 0 spiro atoms. The summed E-state index contributed by atoms with van der Waals surface area (Å²) >= 11 is 0. The number of rotatable bonds is 6. The van der Waals surface area contributed by atoms with E-state index < -0.39 is 5.60 Å². The lowest BCUT2D eigenvalue weighted by Crippen LogP contribution is -2.42. The molecular weight excluding hydrogens is 373 g/mol. The molecular formula is C27H28FNO. The number of aliphatic hydroxyl groups is 1. The average Bonchev–Trinajstić information content (AvgIpc) is 2.78.